The lowest BCUT2D eigenvalue weighted by Crippen LogP contribution is -2.11. The number of aryl methyl sites for hydroxylation is 1. The monoisotopic (exact) mass is 418 g/mol. The SMILES string of the molecule is Cc1ccccc1OCCOC(=O)c1cc(Br)c(Br)s1. The van der Waals surface area contributed by atoms with E-state index in [1.54, 1.807) is 6.07 Å². The maximum Gasteiger partial charge on any atom is 0.348 e. The van der Waals surface area contributed by atoms with E-state index < -0.39 is 0 Å². The highest BCUT2D eigenvalue weighted by Crippen LogP contribution is 2.32. The van der Waals surface area contributed by atoms with Crippen LogP contribution in [0.5, 0.6) is 5.75 Å². The van der Waals surface area contributed by atoms with E-state index >= 15 is 0 Å². The second-order valence-electron chi connectivity index (χ2n) is 3.98. The fourth-order valence-corrected chi connectivity index (χ4v) is 3.45. The topological polar surface area (TPSA) is 35.5 Å². The van der Waals surface area contributed by atoms with E-state index in [0.29, 0.717) is 11.5 Å². The maximum atomic E-state index is 11.8. The molecule has 0 aliphatic carbocycles. The number of carbonyl (C=O) groups is 1. The lowest BCUT2D eigenvalue weighted by Gasteiger charge is -2.08. The molecule has 106 valence electrons. The van der Waals surface area contributed by atoms with E-state index in [1.165, 1.54) is 11.3 Å². The average Bonchev–Trinajstić information content (AvgIpc) is 2.76. The molecular weight excluding hydrogens is 408 g/mol. The van der Waals surface area contributed by atoms with Crippen molar-refractivity contribution in [2.24, 2.45) is 0 Å². The van der Waals surface area contributed by atoms with Gasteiger partial charge in [0.1, 0.15) is 23.8 Å². The highest BCUT2D eigenvalue weighted by Gasteiger charge is 2.13. The molecule has 0 saturated carbocycles. The first-order chi connectivity index (χ1) is 9.58. The first kappa shape index (κ1) is 15.5. The fourth-order valence-electron chi connectivity index (χ4n) is 1.52. The number of hydrogen-bond acceptors (Lipinski definition) is 4. The molecule has 0 radical (unpaired) electrons. The van der Waals surface area contributed by atoms with Gasteiger partial charge in [0.25, 0.3) is 0 Å². The van der Waals surface area contributed by atoms with Crippen molar-refractivity contribution >= 4 is 49.2 Å². The van der Waals surface area contributed by atoms with E-state index in [4.69, 9.17) is 9.47 Å². The van der Waals surface area contributed by atoms with Crippen molar-refractivity contribution in [3.05, 3.63) is 49.0 Å². The molecule has 0 atom stereocenters. The molecular formula is C14H12Br2O3S. The number of para-hydroxylation sites is 1. The summed E-state index contributed by atoms with van der Waals surface area (Å²) >= 11 is 8.01. The minimum Gasteiger partial charge on any atom is -0.490 e. The van der Waals surface area contributed by atoms with Crippen molar-refractivity contribution in [3.63, 3.8) is 0 Å². The molecule has 1 heterocycles. The molecule has 1 aromatic heterocycles. The number of carbonyl (C=O) groups excluding carboxylic acids is 1. The summed E-state index contributed by atoms with van der Waals surface area (Å²) in [6.45, 7) is 2.53. The molecule has 0 amide bonds. The van der Waals surface area contributed by atoms with Crippen molar-refractivity contribution in [3.8, 4) is 5.75 Å². The van der Waals surface area contributed by atoms with Gasteiger partial charge in [0.05, 0.1) is 3.79 Å². The first-order valence-corrected chi connectivity index (χ1v) is 8.28. The zero-order valence-electron chi connectivity index (χ0n) is 10.7. The van der Waals surface area contributed by atoms with Crippen molar-refractivity contribution in [2.75, 3.05) is 13.2 Å². The van der Waals surface area contributed by atoms with Crippen molar-refractivity contribution in [1.29, 1.82) is 0 Å². The molecule has 0 aliphatic heterocycles. The van der Waals surface area contributed by atoms with Crippen LogP contribution < -0.4 is 4.74 Å². The molecule has 0 N–H and O–H groups in total. The van der Waals surface area contributed by atoms with Crippen LogP contribution in [-0.2, 0) is 4.74 Å². The van der Waals surface area contributed by atoms with Crippen LogP contribution in [0.1, 0.15) is 15.2 Å². The second-order valence-corrected chi connectivity index (χ2v) is 7.21. The summed E-state index contributed by atoms with van der Waals surface area (Å²) in [5.74, 6) is 0.472. The van der Waals surface area contributed by atoms with Gasteiger partial charge in [-0.1, -0.05) is 18.2 Å². The second kappa shape index (κ2) is 7.24. The number of halogens is 2. The quantitative estimate of drug-likeness (QED) is 0.514. The van der Waals surface area contributed by atoms with E-state index in [1.807, 2.05) is 31.2 Å². The minimum absolute atomic E-state index is 0.223. The summed E-state index contributed by atoms with van der Waals surface area (Å²) in [5, 5.41) is 0. The average molecular weight is 420 g/mol. The number of hydrogen-bond donors (Lipinski definition) is 0. The highest BCUT2D eigenvalue weighted by molar-refractivity contribution is 9.13. The molecule has 0 saturated heterocycles. The molecule has 20 heavy (non-hydrogen) atoms. The van der Waals surface area contributed by atoms with Gasteiger partial charge in [0.2, 0.25) is 0 Å². The Balaban J connectivity index is 1.79. The largest absolute Gasteiger partial charge is 0.490 e. The van der Waals surface area contributed by atoms with Gasteiger partial charge in [-0.25, -0.2) is 4.79 Å². The van der Waals surface area contributed by atoms with Gasteiger partial charge in [0.15, 0.2) is 0 Å². The lowest BCUT2D eigenvalue weighted by molar-refractivity contribution is 0.0456. The van der Waals surface area contributed by atoms with Gasteiger partial charge >= 0.3 is 5.97 Å². The molecule has 0 bridgehead atoms. The zero-order chi connectivity index (χ0) is 14.5. The summed E-state index contributed by atoms with van der Waals surface area (Å²) in [7, 11) is 0. The van der Waals surface area contributed by atoms with Crippen LogP contribution in [0.25, 0.3) is 0 Å². The van der Waals surface area contributed by atoms with Crippen LogP contribution in [0.4, 0.5) is 0 Å². The number of thiophene rings is 1. The predicted molar refractivity (Wildman–Crippen MR) is 86.7 cm³/mol. The standard InChI is InChI=1S/C14H12Br2O3S/c1-9-4-2-3-5-11(9)18-6-7-19-14(17)12-8-10(15)13(16)20-12/h2-5,8H,6-7H2,1H3. The third kappa shape index (κ3) is 4.07. The van der Waals surface area contributed by atoms with Crippen LogP contribution in [-0.4, -0.2) is 19.2 Å². The van der Waals surface area contributed by atoms with Crippen molar-refractivity contribution in [1.82, 2.24) is 0 Å². The van der Waals surface area contributed by atoms with Gasteiger partial charge < -0.3 is 9.47 Å². The predicted octanol–water partition coefficient (Wildman–Crippen LogP) is 4.82. The Labute approximate surface area is 138 Å². The third-order valence-corrected chi connectivity index (χ3v) is 5.75. The smallest absolute Gasteiger partial charge is 0.348 e. The van der Waals surface area contributed by atoms with Crippen LogP contribution in [0.15, 0.2) is 38.6 Å². The van der Waals surface area contributed by atoms with Gasteiger partial charge in [-0.3, -0.25) is 0 Å². The summed E-state index contributed by atoms with van der Waals surface area (Å²) < 4.78 is 12.5. The molecule has 0 spiro atoms. The molecule has 3 nitrogen and oxygen atoms in total. The van der Waals surface area contributed by atoms with E-state index in [-0.39, 0.29) is 12.6 Å². The Bertz CT molecular complexity index is 591. The van der Waals surface area contributed by atoms with Crippen LogP contribution in [0.2, 0.25) is 0 Å². The van der Waals surface area contributed by atoms with Crippen molar-refractivity contribution in [2.45, 2.75) is 6.92 Å². The number of benzene rings is 1. The van der Waals surface area contributed by atoms with Gasteiger partial charge in [-0.2, -0.15) is 0 Å². The fraction of sp³-hybridized carbons (Fsp3) is 0.214. The van der Waals surface area contributed by atoms with Crippen LogP contribution >= 0.6 is 43.2 Å². The Morgan fingerprint density at radius 2 is 2.00 bits per heavy atom. The number of ether oxygens (including phenoxy) is 2. The minimum atomic E-state index is -0.338. The van der Waals surface area contributed by atoms with Gasteiger partial charge in [0, 0.05) is 4.47 Å². The zero-order valence-corrected chi connectivity index (χ0v) is 14.7. The van der Waals surface area contributed by atoms with Gasteiger partial charge in [-0.15, -0.1) is 11.3 Å². The summed E-state index contributed by atoms with van der Waals surface area (Å²) in [4.78, 5) is 12.3. The Morgan fingerprint density at radius 1 is 1.25 bits per heavy atom. The third-order valence-electron chi connectivity index (χ3n) is 2.51. The number of rotatable bonds is 5. The molecule has 2 aromatic rings. The Morgan fingerprint density at radius 3 is 2.65 bits per heavy atom. The van der Waals surface area contributed by atoms with Crippen LogP contribution in [0.3, 0.4) is 0 Å². The molecule has 2 rings (SSSR count). The van der Waals surface area contributed by atoms with E-state index in [0.717, 1.165) is 19.6 Å². The Hall–Kier alpha value is -0.850. The molecule has 0 unspecified atom stereocenters. The maximum absolute atomic E-state index is 11.8. The summed E-state index contributed by atoms with van der Waals surface area (Å²) in [6.07, 6.45) is 0. The molecule has 0 aliphatic rings. The van der Waals surface area contributed by atoms with Crippen LogP contribution in [0, 0.1) is 6.92 Å². The highest BCUT2D eigenvalue weighted by atomic mass is 79.9. The van der Waals surface area contributed by atoms with E-state index in [9.17, 15) is 4.79 Å². The normalized spacial score (nSPS) is 10.3. The lowest BCUT2D eigenvalue weighted by atomic mass is 10.2. The van der Waals surface area contributed by atoms with Crippen molar-refractivity contribution < 1.29 is 14.3 Å². The molecule has 1 aromatic carbocycles. The van der Waals surface area contributed by atoms with E-state index in [2.05, 4.69) is 31.9 Å². The summed E-state index contributed by atoms with van der Waals surface area (Å²) in [5.41, 5.74) is 1.06. The van der Waals surface area contributed by atoms with Gasteiger partial charge in [-0.05, 0) is 56.5 Å². The Kier molecular flexibility index (Phi) is 5.63. The molecule has 0 fully saturated rings. The summed E-state index contributed by atoms with van der Waals surface area (Å²) in [6, 6.07) is 9.47. The molecule has 6 heteroatoms. The number of esters is 1. The first-order valence-electron chi connectivity index (χ1n) is 5.88.